The highest BCUT2D eigenvalue weighted by molar-refractivity contribution is 7.80. The summed E-state index contributed by atoms with van der Waals surface area (Å²) >= 11 is 3.65. The Bertz CT molecular complexity index is 469. The number of carboxylic acid groups (broad SMARTS) is 4. The first-order valence-electron chi connectivity index (χ1n) is 7.79. The van der Waals surface area contributed by atoms with E-state index in [1.807, 2.05) is 0 Å². The molecule has 0 spiro atoms. The van der Waals surface area contributed by atoms with Gasteiger partial charge < -0.3 is 37.6 Å². The summed E-state index contributed by atoms with van der Waals surface area (Å²) in [4.78, 5) is 40.6. The molecule has 168 valence electrons. The van der Waals surface area contributed by atoms with E-state index in [1.165, 1.54) is 0 Å². The van der Waals surface area contributed by atoms with Crippen molar-refractivity contribution in [2.45, 2.75) is 32.9 Å². The predicted octanol–water partition coefficient (Wildman–Crippen LogP) is -1.57. The molecule has 0 radical (unpaired) electrons. The van der Waals surface area contributed by atoms with Gasteiger partial charge in [0.25, 0.3) is 0 Å². The van der Waals surface area contributed by atoms with E-state index in [1.54, 1.807) is 39.8 Å². The maximum absolute atomic E-state index is 10.2. The van der Waals surface area contributed by atoms with Gasteiger partial charge in [-0.25, -0.2) is 0 Å². The molecule has 10 N–H and O–H groups in total. The normalized spacial score (nSPS) is 11.9. The smallest absolute Gasteiger partial charge is 0.321 e. The third-order valence-corrected chi connectivity index (χ3v) is 2.73. The lowest BCUT2D eigenvalue weighted by atomic mass is 9.88. The predicted molar refractivity (Wildman–Crippen MR) is 107 cm³/mol. The average molecular weight is 431 g/mol. The molecule has 0 amide bonds. The minimum absolute atomic E-state index is 0.111. The van der Waals surface area contributed by atoms with Gasteiger partial charge in [-0.2, -0.15) is 12.6 Å². The maximum atomic E-state index is 10.2. The first-order valence-corrected chi connectivity index (χ1v) is 8.43. The first-order chi connectivity index (χ1) is 12.4. The second-order valence-corrected chi connectivity index (χ2v) is 6.90. The number of hydrogen-bond donors (Lipinski definition) is 8. The topological polar surface area (TPSA) is 230 Å². The van der Waals surface area contributed by atoms with Crippen LogP contribution in [0.15, 0.2) is 0 Å². The minimum Gasteiger partial charge on any atom is -0.480 e. The number of carbonyl (C=O) groups is 4. The molecular formula is C15H34N4O8S. The van der Waals surface area contributed by atoms with Crippen LogP contribution >= 0.6 is 12.6 Å². The number of likely N-dealkylation sites (N-methyl/N-ethyl adjacent to an activating group) is 1. The monoisotopic (exact) mass is 430 g/mol. The van der Waals surface area contributed by atoms with Crippen molar-refractivity contribution in [2.24, 2.45) is 22.6 Å². The zero-order chi connectivity index (χ0) is 23.7. The van der Waals surface area contributed by atoms with E-state index in [-0.39, 0.29) is 24.3 Å². The Morgan fingerprint density at radius 3 is 1.29 bits per heavy atom. The third-order valence-electron chi connectivity index (χ3n) is 2.34. The summed E-state index contributed by atoms with van der Waals surface area (Å²) in [6, 6.07) is -1.58. The molecule has 0 rings (SSSR count). The number of nitrogens with two attached hydrogens (primary N) is 3. The minimum atomic E-state index is -1.00. The van der Waals surface area contributed by atoms with Crippen LogP contribution in [-0.4, -0.2) is 94.2 Å². The first kappa shape index (κ1) is 33.6. The Balaban J connectivity index is -0.000000140. The van der Waals surface area contributed by atoms with Crippen molar-refractivity contribution in [3.63, 3.8) is 0 Å². The summed E-state index contributed by atoms with van der Waals surface area (Å²) in [7, 11) is 3.43. The van der Waals surface area contributed by atoms with Crippen LogP contribution in [0.25, 0.3) is 0 Å². The summed E-state index contributed by atoms with van der Waals surface area (Å²) in [5, 5.41) is 32.0. The zero-order valence-corrected chi connectivity index (χ0v) is 17.7. The Labute approximate surface area is 170 Å². The van der Waals surface area contributed by atoms with Crippen LogP contribution in [0, 0.1) is 5.41 Å². The second kappa shape index (κ2) is 18.4. The number of nitrogens with zero attached hydrogens (tertiary/aromatic N) is 1. The molecule has 0 aromatic carbocycles. The van der Waals surface area contributed by atoms with Gasteiger partial charge in [0.2, 0.25) is 0 Å². The Hall–Kier alpha value is -1.93. The summed E-state index contributed by atoms with van der Waals surface area (Å²) in [6.45, 7) is 5.23. The van der Waals surface area contributed by atoms with E-state index in [0.29, 0.717) is 0 Å². The van der Waals surface area contributed by atoms with Crippen molar-refractivity contribution >= 4 is 36.5 Å². The fourth-order valence-electron chi connectivity index (χ4n) is 0.719. The van der Waals surface area contributed by atoms with Crippen molar-refractivity contribution in [3.05, 3.63) is 0 Å². The number of hydrogen-bond acceptors (Lipinski definition) is 9. The quantitative estimate of drug-likeness (QED) is 0.223. The molecule has 2 atom stereocenters. The summed E-state index contributed by atoms with van der Waals surface area (Å²) in [5.74, 6) is -3.51. The molecule has 0 saturated heterocycles. The molecule has 0 aromatic rings. The van der Waals surface area contributed by atoms with Crippen molar-refractivity contribution in [1.29, 1.82) is 0 Å². The molecule has 0 heterocycles. The summed E-state index contributed by atoms with van der Waals surface area (Å²) in [5.41, 5.74) is 14.5. The van der Waals surface area contributed by atoms with Gasteiger partial charge >= 0.3 is 23.9 Å². The molecule has 0 saturated carbocycles. The summed E-state index contributed by atoms with van der Waals surface area (Å²) < 4.78 is 0. The van der Waals surface area contributed by atoms with Crippen molar-refractivity contribution in [3.8, 4) is 0 Å². The van der Waals surface area contributed by atoms with Gasteiger partial charge in [0.1, 0.15) is 12.1 Å². The fourth-order valence-corrected chi connectivity index (χ4v) is 0.875. The lowest BCUT2D eigenvalue weighted by Gasteiger charge is -2.22. The van der Waals surface area contributed by atoms with Gasteiger partial charge in [0, 0.05) is 5.75 Å². The highest BCUT2D eigenvalue weighted by Gasteiger charge is 2.26. The second-order valence-electron chi connectivity index (χ2n) is 6.54. The van der Waals surface area contributed by atoms with Crippen molar-refractivity contribution < 1.29 is 39.6 Å². The van der Waals surface area contributed by atoms with Gasteiger partial charge in [0.15, 0.2) is 0 Å². The van der Waals surface area contributed by atoms with Crippen LogP contribution in [0.4, 0.5) is 0 Å². The van der Waals surface area contributed by atoms with E-state index >= 15 is 0 Å². The number of aliphatic carboxylic acids is 4. The molecule has 13 heteroatoms. The van der Waals surface area contributed by atoms with Gasteiger partial charge in [-0.1, -0.05) is 20.8 Å². The van der Waals surface area contributed by atoms with Crippen LogP contribution in [0.2, 0.25) is 0 Å². The number of thiol groups is 1. The average Bonchev–Trinajstić information content (AvgIpc) is 2.52. The molecule has 0 aromatic heterocycles. The highest BCUT2D eigenvalue weighted by atomic mass is 32.1. The lowest BCUT2D eigenvalue weighted by molar-refractivity contribution is -0.141. The van der Waals surface area contributed by atoms with Crippen LogP contribution in [0.3, 0.4) is 0 Å². The van der Waals surface area contributed by atoms with Gasteiger partial charge in [-0.15, -0.1) is 0 Å². The third kappa shape index (κ3) is 31.8. The largest absolute Gasteiger partial charge is 0.480 e. The van der Waals surface area contributed by atoms with E-state index in [9.17, 15) is 19.2 Å². The van der Waals surface area contributed by atoms with Crippen LogP contribution < -0.4 is 17.2 Å². The fraction of sp³-hybridized carbons (Fsp3) is 0.733. The lowest BCUT2D eigenvalue weighted by Crippen LogP contribution is -2.41. The van der Waals surface area contributed by atoms with E-state index in [2.05, 4.69) is 18.4 Å². The maximum Gasteiger partial charge on any atom is 0.321 e. The molecular weight excluding hydrogens is 396 g/mol. The molecule has 0 bridgehead atoms. The number of carboxylic acids is 4. The van der Waals surface area contributed by atoms with Crippen LogP contribution in [0.5, 0.6) is 0 Å². The Kier molecular flexibility index (Phi) is 22.1. The van der Waals surface area contributed by atoms with Gasteiger partial charge in [-0.3, -0.25) is 24.1 Å². The Morgan fingerprint density at radius 2 is 1.29 bits per heavy atom. The molecule has 0 aliphatic carbocycles. The Morgan fingerprint density at radius 1 is 0.929 bits per heavy atom. The van der Waals surface area contributed by atoms with E-state index in [4.69, 9.17) is 31.9 Å². The zero-order valence-electron chi connectivity index (χ0n) is 16.8. The van der Waals surface area contributed by atoms with Crippen LogP contribution in [-0.2, 0) is 19.2 Å². The molecule has 12 nitrogen and oxygen atoms in total. The van der Waals surface area contributed by atoms with E-state index in [0.717, 1.165) is 0 Å². The molecule has 0 aliphatic heterocycles. The standard InChI is InChI=1S/C6H13NO2.C4H9NO2.C3H7NO2S.C2H5NO2/c1-6(2,3)4(7)5(8)9;1-5(2)3-4(6)7;4-2(1-7)3(5)6;3-1-2(4)5/h4H,7H2,1-3H3,(H,8,9);3H2,1-2H3,(H,6,7);2,7H,1,4H2,(H,5,6);1,3H2,(H,4,5)/t4-;;2-;/m1.0./s1. The van der Waals surface area contributed by atoms with Gasteiger partial charge in [0.05, 0.1) is 13.1 Å². The van der Waals surface area contributed by atoms with E-state index < -0.39 is 36.0 Å². The molecule has 28 heavy (non-hydrogen) atoms. The summed E-state index contributed by atoms with van der Waals surface area (Å²) in [6.07, 6.45) is 0. The molecule has 0 aliphatic rings. The van der Waals surface area contributed by atoms with Gasteiger partial charge in [-0.05, 0) is 19.5 Å². The molecule has 0 unspecified atom stereocenters. The number of rotatable bonds is 6. The SMILES string of the molecule is CC(C)(C)[C@H](N)C(=O)O.CN(C)CC(=O)O.NCC(=O)O.N[C@@H](CS)C(=O)O. The highest BCUT2D eigenvalue weighted by Crippen LogP contribution is 2.16. The van der Waals surface area contributed by atoms with Crippen molar-refractivity contribution in [1.82, 2.24) is 4.90 Å². The van der Waals surface area contributed by atoms with Crippen LogP contribution in [0.1, 0.15) is 20.8 Å². The molecule has 0 fully saturated rings. The van der Waals surface area contributed by atoms with Crippen molar-refractivity contribution in [2.75, 3.05) is 32.9 Å².